The summed E-state index contributed by atoms with van der Waals surface area (Å²) in [5, 5.41) is 0. The van der Waals surface area contributed by atoms with Crippen molar-refractivity contribution in [1.29, 1.82) is 0 Å². The average Bonchev–Trinajstić information content (AvgIpc) is 2.86. The molecular weight excluding hydrogens is 236 g/mol. The highest BCUT2D eigenvalue weighted by molar-refractivity contribution is 6.17. The van der Waals surface area contributed by atoms with Crippen LogP contribution in [0.2, 0.25) is 0 Å². The van der Waals surface area contributed by atoms with E-state index in [-0.39, 0.29) is 11.9 Å². The Morgan fingerprint density at radius 2 is 2.24 bits per heavy atom. The van der Waals surface area contributed by atoms with Gasteiger partial charge in [0, 0.05) is 31.2 Å². The molecule has 1 aliphatic heterocycles. The van der Waals surface area contributed by atoms with Gasteiger partial charge >= 0.3 is 0 Å². The lowest BCUT2D eigenvalue weighted by molar-refractivity contribution is -0.132. The zero-order valence-electron chi connectivity index (χ0n) is 9.81. The van der Waals surface area contributed by atoms with Crippen molar-refractivity contribution >= 4 is 17.5 Å². The van der Waals surface area contributed by atoms with E-state index in [1.54, 1.807) is 12.4 Å². The summed E-state index contributed by atoms with van der Waals surface area (Å²) in [5.41, 5.74) is 1.19. The monoisotopic (exact) mass is 252 g/mol. The van der Waals surface area contributed by atoms with Gasteiger partial charge in [0.25, 0.3) is 0 Å². The quantitative estimate of drug-likeness (QED) is 0.772. The number of nitrogens with zero attached hydrogens (tertiary/aromatic N) is 2. The first-order valence-corrected chi connectivity index (χ1v) is 6.61. The second kappa shape index (κ2) is 6.01. The van der Waals surface area contributed by atoms with Crippen LogP contribution >= 0.6 is 11.6 Å². The maximum absolute atomic E-state index is 12.0. The number of alkyl halides is 1. The number of pyridine rings is 1. The van der Waals surface area contributed by atoms with Crippen molar-refractivity contribution in [3.8, 4) is 0 Å². The van der Waals surface area contributed by atoms with Gasteiger partial charge in [-0.2, -0.15) is 0 Å². The van der Waals surface area contributed by atoms with Gasteiger partial charge in [-0.3, -0.25) is 9.78 Å². The molecule has 1 amide bonds. The molecule has 4 heteroatoms. The number of likely N-dealkylation sites (tertiary alicyclic amines) is 1. The first kappa shape index (κ1) is 12.4. The Morgan fingerprint density at radius 1 is 1.47 bits per heavy atom. The smallest absolute Gasteiger partial charge is 0.223 e. The molecule has 1 aromatic heterocycles. The fourth-order valence-corrected chi connectivity index (χ4v) is 2.49. The van der Waals surface area contributed by atoms with Crippen LogP contribution in [0.1, 0.15) is 37.3 Å². The van der Waals surface area contributed by atoms with Crippen LogP contribution in [-0.4, -0.2) is 28.2 Å². The third-order valence-corrected chi connectivity index (χ3v) is 3.46. The van der Waals surface area contributed by atoms with E-state index < -0.39 is 0 Å². The minimum Gasteiger partial charge on any atom is -0.336 e. The number of amides is 1. The number of carbonyl (C=O) groups is 1. The fraction of sp³-hybridized carbons (Fsp3) is 0.538. The Balaban J connectivity index is 2.05. The van der Waals surface area contributed by atoms with E-state index in [0.717, 1.165) is 25.8 Å². The van der Waals surface area contributed by atoms with Crippen LogP contribution in [0.15, 0.2) is 24.5 Å². The second-order valence-corrected chi connectivity index (χ2v) is 4.70. The fourth-order valence-electron chi connectivity index (χ4n) is 2.36. The van der Waals surface area contributed by atoms with Crippen LogP contribution in [0.3, 0.4) is 0 Å². The summed E-state index contributed by atoms with van der Waals surface area (Å²) in [5.74, 6) is 0.782. The molecule has 0 saturated carbocycles. The van der Waals surface area contributed by atoms with E-state index in [1.165, 1.54) is 5.56 Å². The molecule has 92 valence electrons. The van der Waals surface area contributed by atoms with Gasteiger partial charge in [0.05, 0.1) is 6.04 Å². The Labute approximate surface area is 107 Å². The zero-order chi connectivity index (χ0) is 12.1. The van der Waals surface area contributed by atoms with Gasteiger partial charge in [-0.05, 0) is 37.0 Å². The predicted molar refractivity (Wildman–Crippen MR) is 67.9 cm³/mol. The SMILES string of the molecule is O=C(CCCCl)N1CCCC1c1ccncc1. The number of hydrogen-bond acceptors (Lipinski definition) is 2. The second-order valence-electron chi connectivity index (χ2n) is 4.32. The first-order valence-electron chi connectivity index (χ1n) is 6.08. The van der Waals surface area contributed by atoms with Crippen LogP contribution < -0.4 is 0 Å². The lowest BCUT2D eigenvalue weighted by Gasteiger charge is -2.25. The van der Waals surface area contributed by atoms with Gasteiger partial charge in [-0.1, -0.05) is 0 Å². The normalized spacial score (nSPS) is 19.6. The van der Waals surface area contributed by atoms with E-state index >= 15 is 0 Å². The van der Waals surface area contributed by atoms with Crippen LogP contribution in [0.4, 0.5) is 0 Å². The number of aromatic nitrogens is 1. The molecule has 0 spiro atoms. The van der Waals surface area contributed by atoms with E-state index in [2.05, 4.69) is 4.98 Å². The molecule has 1 fully saturated rings. The lowest BCUT2D eigenvalue weighted by Crippen LogP contribution is -2.30. The van der Waals surface area contributed by atoms with Crippen LogP contribution in [0.5, 0.6) is 0 Å². The molecule has 2 heterocycles. The topological polar surface area (TPSA) is 33.2 Å². The zero-order valence-corrected chi connectivity index (χ0v) is 10.6. The highest BCUT2D eigenvalue weighted by atomic mass is 35.5. The predicted octanol–water partition coefficient (Wildman–Crippen LogP) is 2.76. The highest BCUT2D eigenvalue weighted by Crippen LogP contribution is 2.32. The van der Waals surface area contributed by atoms with Crippen LogP contribution in [-0.2, 0) is 4.79 Å². The van der Waals surface area contributed by atoms with Crippen LogP contribution in [0.25, 0.3) is 0 Å². The number of hydrogen-bond donors (Lipinski definition) is 0. The summed E-state index contributed by atoms with van der Waals surface area (Å²) in [6.45, 7) is 0.869. The maximum Gasteiger partial charge on any atom is 0.223 e. The van der Waals surface area contributed by atoms with E-state index in [0.29, 0.717) is 12.3 Å². The summed E-state index contributed by atoms with van der Waals surface area (Å²) < 4.78 is 0. The van der Waals surface area contributed by atoms with E-state index in [9.17, 15) is 4.79 Å². The standard InChI is InChI=1S/C13H17ClN2O/c14-7-1-4-13(17)16-10-2-3-12(16)11-5-8-15-9-6-11/h5-6,8-9,12H,1-4,7,10H2. The minimum atomic E-state index is 0.227. The molecule has 1 aliphatic rings. The molecule has 2 rings (SSSR count). The van der Waals surface area contributed by atoms with Crippen molar-refractivity contribution in [2.75, 3.05) is 12.4 Å². The molecule has 0 aliphatic carbocycles. The first-order chi connectivity index (χ1) is 8.33. The molecule has 0 aromatic carbocycles. The highest BCUT2D eigenvalue weighted by Gasteiger charge is 2.29. The third kappa shape index (κ3) is 2.97. The molecule has 1 saturated heterocycles. The Hall–Kier alpha value is -1.09. The van der Waals surface area contributed by atoms with Crippen molar-refractivity contribution in [3.05, 3.63) is 30.1 Å². The molecule has 0 bridgehead atoms. The third-order valence-electron chi connectivity index (χ3n) is 3.19. The van der Waals surface area contributed by atoms with Gasteiger partial charge in [0.2, 0.25) is 5.91 Å². The summed E-state index contributed by atoms with van der Waals surface area (Å²) in [6, 6.07) is 4.23. The van der Waals surface area contributed by atoms with Gasteiger partial charge in [0.1, 0.15) is 0 Å². The summed E-state index contributed by atoms with van der Waals surface area (Å²) in [6.07, 6.45) is 7.03. The molecule has 1 aromatic rings. The largest absolute Gasteiger partial charge is 0.336 e. The Morgan fingerprint density at radius 3 is 2.94 bits per heavy atom. The van der Waals surface area contributed by atoms with Crippen LogP contribution in [0, 0.1) is 0 Å². The number of halogens is 1. The molecule has 1 unspecified atom stereocenters. The number of rotatable bonds is 4. The summed E-state index contributed by atoms with van der Waals surface area (Å²) >= 11 is 5.63. The Bertz CT molecular complexity index is 369. The van der Waals surface area contributed by atoms with Gasteiger partial charge in [-0.15, -0.1) is 11.6 Å². The molecular formula is C13H17ClN2O. The molecule has 1 atom stereocenters. The minimum absolute atomic E-state index is 0.227. The Kier molecular flexibility index (Phi) is 4.37. The van der Waals surface area contributed by atoms with Crippen molar-refractivity contribution in [2.45, 2.75) is 31.7 Å². The van der Waals surface area contributed by atoms with Crippen molar-refractivity contribution in [3.63, 3.8) is 0 Å². The van der Waals surface area contributed by atoms with Crippen molar-refractivity contribution < 1.29 is 4.79 Å². The van der Waals surface area contributed by atoms with E-state index in [4.69, 9.17) is 11.6 Å². The lowest BCUT2D eigenvalue weighted by atomic mass is 10.1. The van der Waals surface area contributed by atoms with Gasteiger partial charge in [0.15, 0.2) is 0 Å². The van der Waals surface area contributed by atoms with Crippen molar-refractivity contribution in [1.82, 2.24) is 9.88 Å². The molecule has 0 N–H and O–H groups in total. The summed E-state index contributed by atoms with van der Waals surface area (Å²) in [4.78, 5) is 18.0. The molecule has 0 radical (unpaired) electrons. The van der Waals surface area contributed by atoms with Gasteiger partial charge in [-0.25, -0.2) is 0 Å². The molecule has 3 nitrogen and oxygen atoms in total. The molecule has 17 heavy (non-hydrogen) atoms. The van der Waals surface area contributed by atoms with Gasteiger partial charge < -0.3 is 4.90 Å². The number of carbonyl (C=O) groups excluding carboxylic acids is 1. The maximum atomic E-state index is 12.0. The average molecular weight is 253 g/mol. The summed E-state index contributed by atoms with van der Waals surface area (Å²) in [7, 11) is 0. The van der Waals surface area contributed by atoms with Crippen molar-refractivity contribution in [2.24, 2.45) is 0 Å². The van der Waals surface area contributed by atoms with E-state index in [1.807, 2.05) is 17.0 Å².